The number of sulfonamides is 1. The lowest BCUT2D eigenvalue weighted by Crippen LogP contribution is -2.11. The van der Waals surface area contributed by atoms with Gasteiger partial charge in [-0.25, -0.2) is 13.6 Å². The number of rotatable bonds is 7. The van der Waals surface area contributed by atoms with Gasteiger partial charge in [0.25, 0.3) is 0 Å². The Kier molecular flexibility index (Phi) is 6.01. The molecular weight excluding hydrogens is 358 g/mol. The number of ether oxygens (including phenoxy) is 3. The van der Waals surface area contributed by atoms with Crippen LogP contribution in [-0.4, -0.2) is 35.5 Å². The van der Waals surface area contributed by atoms with Crippen molar-refractivity contribution in [3.8, 4) is 17.2 Å². The number of hydrogen-bond donors (Lipinski definition) is 1. The molecule has 2 aromatic rings. The van der Waals surface area contributed by atoms with Crippen LogP contribution >= 0.6 is 0 Å². The minimum atomic E-state index is -3.75. The molecule has 0 aliphatic rings. The highest BCUT2D eigenvalue weighted by Crippen LogP contribution is 2.34. The van der Waals surface area contributed by atoms with Crippen LogP contribution in [0.5, 0.6) is 17.2 Å². The quantitative estimate of drug-likeness (QED) is 0.586. The number of benzene rings is 2. The molecule has 7 nitrogen and oxygen atoms in total. The van der Waals surface area contributed by atoms with Crippen molar-refractivity contribution in [2.75, 3.05) is 21.3 Å². The minimum Gasteiger partial charge on any atom is -0.496 e. The van der Waals surface area contributed by atoms with Gasteiger partial charge in [0.05, 0.1) is 26.2 Å². The van der Waals surface area contributed by atoms with Crippen LogP contribution in [-0.2, 0) is 10.0 Å². The van der Waals surface area contributed by atoms with E-state index in [4.69, 9.17) is 19.3 Å². The molecule has 0 aliphatic heterocycles. The van der Waals surface area contributed by atoms with Crippen molar-refractivity contribution in [1.82, 2.24) is 0 Å². The van der Waals surface area contributed by atoms with Crippen LogP contribution in [0.25, 0.3) is 6.08 Å². The fourth-order valence-electron chi connectivity index (χ4n) is 2.27. The largest absolute Gasteiger partial charge is 0.496 e. The molecule has 2 N–H and O–H groups in total. The van der Waals surface area contributed by atoms with Crippen LogP contribution < -0.4 is 19.3 Å². The van der Waals surface area contributed by atoms with Crippen molar-refractivity contribution >= 4 is 21.9 Å². The van der Waals surface area contributed by atoms with Gasteiger partial charge in [0.1, 0.15) is 22.8 Å². The number of carbonyl (C=O) groups is 1. The van der Waals surface area contributed by atoms with E-state index in [1.54, 1.807) is 30.3 Å². The molecule has 138 valence electrons. The Morgan fingerprint density at radius 2 is 1.50 bits per heavy atom. The third-order valence-corrected chi connectivity index (χ3v) is 4.53. The zero-order valence-electron chi connectivity index (χ0n) is 14.6. The lowest BCUT2D eigenvalue weighted by molar-refractivity contribution is 0.104. The van der Waals surface area contributed by atoms with E-state index in [0.717, 1.165) is 0 Å². The zero-order valence-corrected chi connectivity index (χ0v) is 15.4. The Bertz CT molecular complexity index is 908. The van der Waals surface area contributed by atoms with Gasteiger partial charge in [-0.3, -0.25) is 4.79 Å². The molecule has 0 aromatic heterocycles. The summed E-state index contributed by atoms with van der Waals surface area (Å²) in [4.78, 5) is 12.6. The molecule has 0 unspecified atom stereocenters. The molecule has 0 amide bonds. The van der Waals surface area contributed by atoms with Gasteiger partial charge in [-0.1, -0.05) is 18.2 Å². The summed E-state index contributed by atoms with van der Waals surface area (Å²) in [7, 11) is 0.637. The molecule has 0 fully saturated rings. The summed E-state index contributed by atoms with van der Waals surface area (Å²) in [6.07, 6.45) is 2.90. The first-order valence-electron chi connectivity index (χ1n) is 7.45. The summed E-state index contributed by atoms with van der Waals surface area (Å²) in [6, 6.07) is 9.01. The molecule has 0 radical (unpaired) electrons. The van der Waals surface area contributed by atoms with Crippen LogP contribution in [0.1, 0.15) is 15.9 Å². The molecule has 26 heavy (non-hydrogen) atoms. The standard InChI is InChI=1S/C18H19NO6S/c1-23-13-10-16(24-2)18(17(11-13)25-3)15(20)9-6-12-4-7-14(8-5-12)26(19,21)22/h4-11H,1-3H3,(H2,19,21,22)/b9-6+. The predicted molar refractivity (Wildman–Crippen MR) is 97.3 cm³/mol. The molecule has 0 spiro atoms. The normalized spacial score (nSPS) is 11.4. The maximum atomic E-state index is 12.6. The second-order valence-corrected chi connectivity index (χ2v) is 6.78. The Morgan fingerprint density at radius 3 is 1.92 bits per heavy atom. The highest BCUT2D eigenvalue weighted by molar-refractivity contribution is 7.89. The Labute approximate surface area is 152 Å². The molecule has 0 saturated heterocycles. The molecule has 0 bridgehead atoms. The van der Waals surface area contributed by atoms with Crippen LogP contribution in [0.4, 0.5) is 0 Å². The first kappa shape index (κ1) is 19.5. The topological polar surface area (TPSA) is 105 Å². The van der Waals surface area contributed by atoms with Gasteiger partial charge < -0.3 is 14.2 Å². The summed E-state index contributed by atoms with van der Waals surface area (Å²) in [5, 5.41) is 5.05. The number of hydrogen-bond acceptors (Lipinski definition) is 6. The number of nitrogens with two attached hydrogens (primary N) is 1. The van der Waals surface area contributed by atoms with Crippen molar-refractivity contribution in [3.05, 3.63) is 53.6 Å². The van der Waals surface area contributed by atoms with E-state index in [1.807, 2.05) is 0 Å². The molecule has 0 aliphatic carbocycles. The van der Waals surface area contributed by atoms with E-state index in [1.165, 1.54) is 39.5 Å². The van der Waals surface area contributed by atoms with Crippen LogP contribution in [0.15, 0.2) is 47.4 Å². The average molecular weight is 377 g/mol. The van der Waals surface area contributed by atoms with Gasteiger partial charge in [-0.15, -0.1) is 0 Å². The molecule has 0 atom stereocenters. The lowest BCUT2D eigenvalue weighted by atomic mass is 10.1. The van der Waals surface area contributed by atoms with Gasteiger partial charge >= 0.3 is 0 Å². The zero-order chi connectivity index (χ0) is 19.3. The number of carbonyl (C=O) groups excluding carboxylic acids is 1. The van der Waals surface area contributed by atoms with Crippen LogP contribution in [0.2, 0.25) is 0 Å². The number of primary sulfonamides is 1. The van der Waals surface area contributed by atoms with Crippen molar-refractivity contribution in [2.45, 2.75) is 4.90 Å². The monoisotopic (exact) mass is 377 g/mol. The Morgan fingerprint density at radius 1 is 0.962 bits per heavy atom. The highest BCUT2D eigenvalue weighted by Gasteiger charge is 2.18. The SMILES string of the molecule is COc1cc(OC)c(C(=O)/C=C/c2ccc(S(N)(=O)=O)cc2)c(OC)c1. The predicted octanol–water partition coefficient (Wildman–Crippen LogP) is 2.26. The summed E-state index contributed by atoms with van der Waals surface area (Å²) in [5.41, 5.74) is 0.894. The Hall–Kier alpha value is -2.84. The van der Waals surface area contributed by atoms with Crippen LogP contribution in [0.3, 0.4) is 0 Å². The number of allylic oxidation sites excluding steroid dienone is 1. The third kappa shape index (κ3) is 4.41. The van der Waals surface area contributed by atoms with Gasteiger partial charge in [-0.05, 0) is 23.8 Å². The van der Waals surface area contributed by atoms with Gasteiger partial charge in [0.2, 0.25) is 10.0 Å². The third-order valence-electron chi connectivity index (χ3n) is 3.60. The molecule has 0 heterocycles. The van der Waals surface area contributed by atoms with E-state index in [-0.39, 0.29) is 16.2 Å². The van der Waals surface area contributed by atoms with Crippen molar-refractivity contribution in [1.29, 1.82) is 0 Å². The number of methoxy groups -OCH3 is 3. The second kappa shape index (κ2) is 8.03. The van der Waals surface area contributed by atoms with E-state index in [2.05, 4.69) is 0 Å². The molecule has 8 heteroatoms. The van der Waals surface area contributed by atoms with Gasteiger partial charge in [0, 0.05) is 12.1 Å². The summed E-state index contributed by atoms with van der Waals surface area (Å²) in [5.74, 6) is 0.801. The number of ketones is 1. The van der Waals surface area contributed by atoms with Crippen molar-refractivity contribution < 1.29 is 27.4 Å². The Balaban J connectivity index is 2.33. The molecule has 0 saturated carbocycles. The van der Waals surface area contributed by atoms with E-state index in [9.17, 15) is 13.2 Å². The summed E-state index contributed by atoms with van der Waals surface area (Å²) < 4.78 is 38.2. The smallest absolute Gasteiger partial charge is 0.238 e. The lowest BCUT2D eigenvalue weighted by Gasteiger charge is -2.13. The van der Waals surface area contributed by atoms with E-state index < -0.39 is 10.0 Å². The van der Waals surface area contributed by atoms with E-state index in [0.29, 0.717) is 22.8 Å². The van der Waals surface area contributed by atoms with Gasteiger partial charge in [-0.2, -0.15) is 0 Å². The molecular formula is C18H19NO6S. The molecule has 2 rings (SSSR count). The van der Waals surface area contributed by atoms with Crippen LogP contribution in [0, 0.1) is 0 Å². The average Bonchev–Trinajstić information content (AvgIpc) is 2.64. The minimum absolute atomic E-state index is 0.000491. The van der Waals surface area contributed by atoms with Crippen molar-refractivity contribution in [3.63, 3.8) is 0 Å². The van der Waals surface area contributed by atoms with Gasteiger partial charge in [0.15, 0.2) is 5.78 Å². The first-order chi connectivity index (χ1) is 12.3. The fourth-order valence-corrected chi connectivity index (χ4v) is 2.79. The maximum absolute atomic E-state index is 12.6. The summed E-state index contributed by atoms with van der Waals surface area (Å²) >= 11 is 0. The molecule has 2 aromatic carbocycles. The highest BCUT2D eigenvalue weighted by atomic mass is 32.2. The summed E-state index contributed by atoms with van der Waals surface area (Å²) in [6.45, 7) is 0. The maximum Gasteiger partial charge on any atom is 0.238 e. The fraction of sp³-hybridized carbons (Fsp3) is 0.167. The van der Waals surface area contributed by atoms with E-state index >= 15 is 0 Å². The second-order valence-electron chi connectivity index (χ2n) is 5.22. The first-order valence-corrected chi connectivity index (χ1v) is 9.00. The van der Waals surface area contributed by atoms with Crippen molar-refractivity contribution in [2.24, 2.45) is 5.14 Å².